The lowest BCUT2D eigenvalue weighted by Gasteiger charge is -2.40. The van der Waals surface area contributed by atoms with Gasteiger partial charge in [0.25, 0.3) is 0 Å². The molecule has 5 heteroatoms. The van der Waals surface area contributed by atoms with E-state index in [2.05, 4.69) is 26.9 Å². The van der Waals surface area contributed by atoms with Crippen LogP contribution in [0.4, 0.5) is 11.4 Å². The first-order valence-corrected chi connectivity index (χ1v) is 8.20. The maximum absolute atomic E-state index is 10.1. The average molecular weight is 323 g/mol. The highest BCUT2D eigenvalue weighted by Crippen LogP contribution is 2.42. The Labute approximate surface area is 141 Å². The second-order valence-electron chi connectivity index (χ2n) is 6.48. The highest BCUT2D eigenvalue weighted by molar-refractivity contribution is 5.85. The van der Waals surface area contributed by atoms with Crippen LogP contribution < -0.4 is 4.90 Å². The predicted molar refractivity (Wildman–Crippen MR) is 94.6 cm³/mol. The summed E-state index contributed by atoms with van der Waals surface area (Å²) >= 11 is 0. The zero-order valence-corrected chi connectivity index (χ0v) is 13.4. The van der Waals surface area contributed by atoms with Crippen molar-refractivity contribution in [2.45, 2.75) is 18.2 Å². The number of hydrogen-bond donors (Lipinski definition) is 2. The molecular weight excluding hydrogens is 302 g/mol. The third-order valence-corrected chi connectivity index (χ3v) is 4.95. The Morgan fingerprint density at radius 2 is 1.71 bits per heavy atom. The molecular formula is C19H21N3O2. The molecule has 5 nitrogen and oxygen atoms in total. The lowest BCUT2D eigenvalue weighted by Crippen LogP contribution is -2.55. The molecule has 2 aliphatic heterocycles. The molecule has 24 heavy (non-hydrogen) atoms. The normalized spacial score (nSPS) is 21.6. The molecule has 2 aromatic rings. The fraction of sp³-hybridized carbons (Fsp3) is 0.316. The van der Waals surface area contributed by atoms with Crippen LogP contribution in [-0.2, 0) is 6.54 Å². The lowest BCUT2D eigenvalue weighted by molar-refractivity contribution is 0.120. The van der Waals surface area contributed by atoms with E-state index >= 15 is 0 Å². The first-order chi connectivity index (χ1) is 11.8. The van der Waals surface area contributed by atoms with Crippen molar-refractivity contribution in [1.29, 1.82) is 0 Å². The Kier molecular flexibility index (Phi) is 3.84. The van der Waals surface area contributed by atoms with Gasteiger partial charge in [-0.25, -0.2) is 0 Å². The highest BCUT2D eigenvalue weighted by Gasteiger charge is 2.51. The van der Waals surface area contributed by atoms with Gasteiger partial charge >= 0.3 is 0 Å². The number of aliphatic imine (C=N–C) groups is 1. The summed E-state index contributed by atoms with van der Waals surface area (Å²) in [5.74, 6) is 0. The van der Waals surface area contributed by atoms with Crippen molar-refractivity contribution in [3.63, 3.8) is 0 Å². The summed E-state index contributed by atoms with van der Waals surface area (Å²) in [7, 11) is 0. The molecule has 1 atom stereocenters. The van der Waals surface area contributed by atoms with Gasteiger partial charge in [0, 0.05) is 19.3 Å². The molecule has 1 fully saturated rings. The van der Waals surface area contributed by atoms with Gasteiger partial charge in [-0.3, -0.25) is 9.89 Å². The molecule has 2 N–H and O–H groups in total. The fourth-order valence-electron chi connectivity index (χ4n) is 3.74. The number of fused-ring (bicyclic) bond motifs is 3. The molecule has 2 aliphatic rings. The SMILES string of the molecule is OCC1(CO)CN(Cc2ccccc2)C2C=Nc3ccccc3N21. The smallest absolute Gasteiger partial charge is 0.120 e. The molecule has 0 aliphatic carbocycles. The van der Waals surface area contributed by atoms with E-state index in [9.17, 15) is 10.2 Å². The van der Waals surface area contributed by atoms with E-state index in [1.165, 1.54) is 5.56 Å². The van der Waals surface area contributed by atoms with Gasteiger partial charge in [0.05, 0.1) is 24.6 Å². The zero-order chi connectivity index (χ0) is 16.6. The molecule has 0 radical (unpaired) electrons. The summed E-state index contributed by atoms with van der Waals surface area (Å²) in [5, 5.41) is 20.2. The Balaban J connectivity index is 1.74. The highest BCUT2D eigenvalue weighted by atomic mass is 16.3. The number of rotatable bonds is 4. The van der Waals surface area contributed by atoms with Gasteiger partial charge in [0.1, 0.15) is 11.7 Å². The van der Waals surface area contributed by atoms with Crippen LogP contribution in [-0.4, -0.2) is 52.8 Å². The summed E-state index contributed by atoms with van der Waals surface area (Å²) in [6, 6.07) is 18.1. The van der Waals surface area contributed by atoms with Crippen LogP contribution in [0.25, 0.3) is 0 Å². The van der Waals surface area contributed by atoms with Crippen LogP contribution in [0.2, 0.25) is 0 Å². The monoisotopic (exact) mass is 323 g/mol. The number of aliphatic hydroxyl groups is 2. The quantitative estimate of drug-likeness (QED) is 0.900. The number of anilines is 1. The van der Waals surface area contributed by atoms with Crippen molar-refractivity contribution in [3.05, 3.63) is 60.2 Å². The summed E-state index contributed by atoms with van der Waals surface area (Å²) < 4.78 is 0. The van der Waals surface area contributed by atoms with Crippen molar-refractivity contribution in [2.24, 2.45) is 4.99 Å². The van der Waals surface area contributed by atoms with Gasteiger partial charge < -0.3 is 15.1 Å². The van der Waals surface area contributed by atoms with Crippen molar-refractivity contribution < 1.29 is 10.2 Å². The van der Waals surface area contributed by atoms with E-state index in [1.807, 2.05) is 48.7 Å². The van der Waals surface area contributed by atoms with Gasteiger partial charge in [-0.15, -0.1) is 0 Å². The standard InChI is InChI=1S/C19H21N3O2/c23-13-19(14-24)12-21(11-15-6-2-1-3-7-15)18-10-20-16-8-4-5-9-17(16)22(18)19/h1-10,18,23-24H,11-14H2. The van der Waals surface area contributed by atoms with Crippen molar-refractivity contribution in [2.75, 3.05) is 24.7 Å². The molecule has 124 valence electrons. The summed E-state index contributed by atoms with van der Waals surface area (Å²) in [5.41, 5.74) is 2.34. The largest absolute Gasteiger partial charge is 0.394 e. The van der Waals surface area contributed by atoms with E-state index in [-0.39, 0.29) is 19.4 Å². The van der Waals surface area contributed by atoms with Gasteiger partial charge in [-0.1, -0.05) is 42.5 Å². The van der Waals surface area contributed by atoms with Crippen LogP contribution in [0.15, 0.2) is 59.6 Å². The Hall–Kier alpha value is -2.21. The molecule has 0 spiro atoms. The number of benzene rings is 2. The minimum Gasteiger partial charge on any atom is -0.394 e. The second kappa shape index (κ2) is 6.02. The fourth-order valence-corrected chi connectivity index (χ4v) is 3.74. The molecule has 4 rings (SSSR count). The number of aliphatic hydroxyl groups excluding tert-OH is 2. The van der Waals surface area contributed by atoms with Gasteiger partial charge in [0.2, 0.25) is 0 Å². The topological polar surface area (TPSA) is 59.3 Å². The van der Waals surface area contributed by atoms with Crippen LogP contribution in [0.5, 0.6) is 0 Å². The third-order valence-electron chi connectivity index (χ3n) is 4.95. The van der Waals surface area contributed by atoms with Crippen LogP contribution in [0, 0.1) is 0 Å². The molecule has 0 amide bonds. The number of para-hydroxylation sites is 2. The first kappa shape index (κ1) is 15.3. The van der Waals surface area contributed by atoms with E-state index in [4.69, 9.17) is 0 Å². The minimum absolute atomic E-state index is 0.0700. The average Bonchev–Trinajstić information content (AvgIpc) is 2.97. The van der Waals surface area contributed by atoms with Gasteiger partial charge in [-0.2, -0.15) is 0 Å². The Morgan fingerprint density at radius 1 is 1.00 bits per heavy atom. The molecule has 0 aromatic heterocycles. The number of nitrogens with zero attached hydrogens (tertiary/aromatic N) is 3. The maximum Gasteiger partial charge on any atom is 0.120 e. The zero-order valence-electron chi connectivity index (χ0n) is 13.4. The lowest BCUT2D eigenvalue weighted by atomic mass is 9.99. The molecule has 0 saturated carbocycles. The van der Waals surface area contributed by atoms with Crippen molar-refractivity contribution >= 4 is 17.6 Å². The third kappa shape index (κ3) is 2.33. The van der Waals surface area contributed by atoms with E-state index < -0.39 is 5.54 Å². The second-order valence-corrected chi connectivity index (χ2v) is 6.48. The van der Waals surface area contributed by atoms with Gasteiger partial charge in [-0.05, 0) is 17.7 Å². The molecule has 0 bridgehead atoms. The van der Waals surface area contributed by atoms with Crippen molar-refractivity contribution in [1.82, 2.24) is 4.90 Å². The molecule has 1 unspecified atom stereocenters. The van der Waals surface area contributed by atoms with Crippen LogP contribution >= 0.6 is 0 Å². The van der Waals surface area contributed by atoms with Crippen LogP contribution in [0.3, 0.4) is 0 Å². The number of hydrogen-bond acceptors (Lipinski definition) is 5. The molecule has 2 heterocycles. The predicted octanol–water partition coefficient (Wildman–Crippen LogP) is 1.77. The van der Waals surface area contributed by atoms with Crippen molar-refractivity contribution in [3.8, 4) is 0 Å². The molecule has 2 aromatic carbocycles. The van der Waals surface area contributed by atoms with E-state index in [0.717, 1.165) is 17.9 Å². The van der Waals surface area contributed by atoms with Crippen LogP contribution in [0.1, 0.15) is 5.56 Å². The van der Waals surface area contributed by atoms with E-state index in [1.54, 1.807) is 0 Å². The Morgan fingerprint density at radius 3 is 2.46 bits per heavy atom. The summed E-state index contributed by atoms with van der Waals surface area (Å²) in [4.78, 5) is 8.96. The molecule has 1 saturated heterocycles. The van der Waals surface area contributed by atoms with E-state index in [0.29, 0.717) is 6.54 Å². The summed E-state index contributed by atoms with van der Waals surface area (Å²) in [6.07, 6.45) is 1.85. The minimum atomic E-state index is -0.706. The Bertz CT molecular complexity index is 743. The summed E-state index contributed by atoms with van der Waals surface area (Å²) in [6.45, 7) is 1.12. The first-order valence-electron chi connectivity index (χ1n) is 8.20. The maximum atomic E-state index is 10.1. The van der Waals surface area contributed by atoms with Gasteiger partial charge in [0.15, 0.2) is 0 Å².